The zero-order valence-corrected chi connectivity index (χ0v) is 15.1. The largest absolute Gasteiger partial charge is 0.456 e. The molecule has 2 nitrogen and oxygen atoms in total. The first-order chi connectivity index (χ1) is 13.8. The van der Waals surface area contributed by atoms with Gasteiger partial charge in [-0.15, -0.1) is 0 Å². The molecule has 0 saturated heterocycles. The van der Waals surface area contributed by atoms with E-state index in [9.17, 15) is 4.79 Å². The van der Waals surface area contributed by atoms with Crippen LogP contribution in [0.5, 0.6) is 5.75 Å². The topological polar surface area (TPSA) is 26.3 Å². The molecule has 0 fully saturated rings. The van der Waals surface area contributed by atoms with E-state index in [1.165, 1.54) is 0 Å². The van der Waals surface area contributed by atoms with E-state index >= 15 is 0 Å². The van der Waals surface area contributed by atoms with Crippen molar-refractivity contribution in [2.24, 2.45) is 0 Å². The Morgan fingerprint density at radius 3 is 2.25 bits per heavy atom. The summed E-state index contributed by atoms with van der Waals surface area (Å²) in [4.78, 5) is 13.4. The summed E-state index contributed by atoms with van der Waals surface area (Å²) >= 11 is 0. The van der Waals surface area contributed by atoms with E-state index in [1.54, 1.807) is 0 Å². The third-order valence-corrected chi connectivity index (χ3v) is 5.76. The monoisotopic (exact) mass is 360 g/mol. The summed E-state index contributed by atoms with van der Waals surface area (Å²) in [6.45, 7) is 0. The molecule has 1 unspecified atom stereocenters. The predicted octanol–water partition coefficient (Wildman–Crippen LogP) is 5.97. The van der Waals surface area contributed by atoms with Gasteiger partial charge in [0.15, 0.2) is 5.78 Å². The molecule has 28 heavy (non-hydrogen) atoms. The number of Topliss-reactive ketones (excluding diaryl/α,β-unsaturated/α-hetero) is 1. The molecule has 1 heterocycles. The quantitative estimate of drug-likeness (QED) is 0.418. The van der Waals surface area contributed by atoms with E-state index in [-0.39, 0.29) is 11.7 Å². The van der Waals surface area contributed by atoms with Gasteiger partial charge in [0.2, 0.25) is 0 Å². The molecule has 0 aromatic heterocycles. The fourth-order valence-electron chi connectivity index (χ4n) is 4.54. The van der Waals surface area contributed by atoms with Crippen molar-refractivity contribution in [3.8, 4) is 5.75 Å². The van der Waals surface area contributed by atoms with Crippen molar-refractivity contribution >= 4 is 22.3 Å². The Morgan fingerprint density at radius 1 is 0.679 bits per heavy atom. The molecule has 6 rings (SSSR count). The molecular weight excluding hydrogens is 344 g/mol. The first-order valence-corrected chi connectivity index (χ1v) is 9.45. The van der Waals surface area contributed by atoms with Gasteiger partial charge in [-0.05, 0) is 22.4 Å². The van der Waals surface area contributed by atoms with Crippen LogP contribution in [0.3, 0.4) is 0 Å². The summed E-state index contributed by atoms with van der Waals surface area (Å²) in [5, 5.41) is 2.28. The lowest BCUT2D eigenvalue weighted by molar-refractivity contribution is 0.103. The fourth-order valence-corrected chi connectivity index (χ4v) is 4.54. The van der Waals surface area contributed by atoms with Crippen LogP contribution >= 0.6 is 0 Å². The molecule has 0 saturated carbocycles. The van der Waals surface area contributed by atoms with Crippen molar-refractivity contribution in [2.45, 2.75) is 5.92 Å². The molecule has 0 N–H and O–H groups in total. The highest BCUT2D eigenvalue weighted by molar-refractivity contribution is 6.22. The van der Waals surface area contributed by atoms with Crippen LogP contribution in [-0.2, 0) is 0 Å². The van der Waals surface area contributed by atoms with Gasteiger partial charge in [-0.3, -0.25) is 4.79 Å². The molecule has 0 radical (unpaired) electrons. The minimum Gasteiger partial charge on any atom is -0.456 e. The Hall–Kier alpha value is -3.65. The first kappa shape index (κ1) is 15.4. The SMILES string of the molecule is O=C1C2=C(Oc3ccc4ccccc4c3C2c2ccccc2)c2ccccc21. The number of benzene rings is 4. The first-order valence-electron chi connectivity index (χ1n) is 9.45. The van der Waals surface area contributed by atoms with Crippen LogP contribution in [0.25, 0.3) is 16.5 Å². The van der Waals surface area contributed by atoms with Gasteiger partial charge in [0.25, 0.3) is 0 Å². The molecule has 0 amide bonds. The van der Waals surface area contributed by atoms with Crippen molar-refractivity contribution in [3.05, 3.63) is 119 Å². The number of hydrogen-bond acceptors (Lipinski definition) is 2. The minimum absolute atomic E-state index is 0.0676. The number of hydrogen-bond donors (Lipinski definition) is 0. The Balaban J connectivity index is 1.70. The van der Waals surface area contributed by atoms with Crippen molar-refractivity contribution in [1.29, 1.82) is 0 Å². The molecular formula is C26H16O2. The average Bonchev–Trinajstić information content (AvgIpc) is 3.05. The molecule has 4 aromatic rings. The molecule has 1 aliphatic carbocycles. The lowest BCUT2D eigenvalue weighted by atomic mass is 9.79. The number of carbonyl (C=O) groups is 1. The van der Waals surface area contributed by atoms with Gasteiger partial charge >= 0.3 is 0 Å². The number of allylic oxidation sites excluding steroid dienone is 1. The van der Waals surface area contributed by atoms with Gasteiger partial charge in [-0.2, -0.15) is 0 Å². The van der Waals surface area contributed by atoms with Crippen molar-refractivity contribution in [2.75, 3.05) is 0 Å². The number of rotatable bonds is 1. The normalized spacial score (nSPS) is 17.1. The van der Waals surface area contributed by atoms with Crippen LogP contribution in [0.15, 0.2) is 96.6 Å². The maximum absolute atomic E-state index is 13.4. The van der Waals surface area contributed by atoms with Crippen LogP contribution in [0.4, 0.5) is 0 Å². The van der Waals surface area contributed by atoms with Gasteiger partial charge < -0.3 is 4.74 Å². The molecule has 132 valence electrons. The third-order valence-electron chi connectivity index (χ3n) is 5.76. The Labute approximate surface area is 162 Å². The molecule has 2 heteroatoms. The minimum atomic E-state index is -0.147. The number of fused-ring (bicyclic) bond motifs is 5. The fraction of sp³-hybridized carbons (Fsp3) is 0.0385. The smallest absolute Gasteiger partial charge is 0.194 e. The summed E-state index contributed by atoms with van der Waals surface area (Å²) in [5.74, 6) is 1.46. The van der Waals surface area contributed by atoms with E-state index in [1.807, 2.05) is 60.7 Å². The second-order valence-electron chi connectivity index (χ2n) is 7.26. The molecule has 4 aromatic carbocycles. The zero-order valence-electron chi connectivity index (χ0n) is 15.1. The highest BCUT2D eigenvalue weighted by Crippen LogP contribution is 2.52. The molecule has 1 atom stereocenters. The maximum atomic E-state index is 13.4. The van der Waals surface area contributed by atoms with Crippen molar-refractivity contribution < 1.29 is 9.53 Å². The highest BCUT2D eigenvalue weighted by Gasteiger charge is 2.42. The van der Waals surface area contributed by atoms with Gasteiger partial charge in [0.1, 0.15) is 11.5 Å². The standard InChI is InChI=1S/C26H16O2/c27-25-19-12-6-7-13-20(19)26-24(25)22(17-9-2-1-3-10-17)23-18-11-5-4-8-16(18)14-15-21(23)28-26/h1-15,22H. The number of ether oxygens (including phenoxy) is 1. The molecule has 0 spiro atoms. The average molecular weight is 360 g/mol. The summed E-state index contributed by atoms with van der Waals surface area (Å²) in [6.07, 6.45) is 0. The predicted molar refractivity (Wildman–Crippen MR) is 111 cm³/mol. The molecule has 1 aliphatic heterocycles. The lowest BCUT2D eigenvalue weighted by Crippen LogP contribution is -2.17. The Morgan fingerprint density at radius 2 is 1.39 bits per heavy atom. The van der Waals surface area contributed by atoms with Crippen molar-refractivity contribution in [3.63, 3.8) is 0 Å². The van der Waals surface area contributed by atoms with E-state index in [0.717, 1.165) is 44.3 Å². The van der Waals surface area contributed by atoms with Crippen LogP contribution in [-0.4, -0.2) is 5.78 Å². The summed E-state index contributed by atoms with van der Waals surface area (Å²) in [5.41, 5.74) is 4.55. The van der Waals surface area contributed by atoms with Crippen LogP contribution in [0.2, 0.25) is 0 Å². The lowest BCUT2D eigenvalue weighted by Gasteiger charge is -2.29. The maximum Gasteiger partial charge on any atom is 0.194 e. The summed E-state index contributed by atoms with van der Waals surface area (Å²) in [6, 6.07) is 30.4. The Bertz CT molecular complexity index is 1300. The summed E-state index contributed by atoms with van der Waals surface area (Å²) < 4.78 is 6.37. The molecule has 2 aliphatic rings. The van der Waals surface area contributed by atoms with Crippen LogP contribution < -0.4 is 4.74 Å². The van der Waals surface area contributed by atoms with Gasteiger partial charge in [0.05, 0.1) is 5.57 Å². The second kappa shape index (κ2) is 5.67. The summed E-state index contributed by atoms with van der Waals surface area (Å²) in [7, 11) is 0. The van der Waals surface area contributed by atoms with Crippen LogP contribution in [0, 0.1) is 0 Å². The number of ketones is 1. The molecule has 0 bridgehead atoms. The van der Waals surface area contributed by atoms with E-state index in [0.29, 0.717) is 5.76 Å². The van der Waals surface area contributed by atoms with E-state index < -0.39 is 0 Å². The van der Waals surface area contributed by atoms with E-state index in [4.69, 9.17) is 4.74 Å². The zero-order chi connectivity index (χ0) is 18.7. The second-order valence-corrected chi connectivity index (χ2v) is 7.26. The van der Waals surface area contributed by atoms with Crippen LogP contribution in [0.1, 0.15) is 33.0 Å². The number of carbonyl (C=O) groups excluding carboxylic acids is 1. The highest BCUT2D eigenvalue weighted by atomic mass is 16.5. The van der Waals surface area contributed by atoms with Gasteiger partial charge in [-0.25, -0.2) is 0 Å². The third kappa shape index (κ3) is 2.00. The van der Waals surface area contributed by atoms with E-state index in [2.05, 4.69) is 30.3 Å². The Kier molecular flexibility index (Phi) is 3.12. The van der Waals surface area contributed by atoms with Gasteiger partial charge in [0, 0.05) is 22.6 Å². The van der Waals surface area contributed by atoms with Gasteiger partial charge in [-0.1, -0.05) is 84.9 Å². The van der Waals surface area contributed by atoms with Crippen molar-refractivity contribution in [1.82, 2.24) is 0 Å².